The van der Waals surface area contributed by atoms with Crippen LogP contribution < -0.4 is 5.32 Å². The maximum Gasteiger partial charge on any atom is 0.251 e. The van der Waals surface area contributed by atoms with Gasteiger partial charge in [-0.25, -0.2) is 9.97 Å². The third kappa shape index (κ3) is 3.18. The molecule has 1 aromatic carbocycles. The monoisotopic (exact) mass is 375 g/mol. The lowest BCUT2D eigenvalue weighted by atomic mass is 10.1. The molecule has 1 amide bonds. The molecular formula is C16H14BrN3OS. The largest absolute Gasteiger partial charge is 0.347 e. The normalized spacial score (nSPS) is 10.9. The van der Waals surface area contributed by atoms with Crippen molar-refractivity contribution in [2.45, 2.75) is 20.4 Å². The molecule has 0 fully saturated rings. The van der Waals surface area contributed by atoms with Gasteiger partial charge in [0.05, 0.1) is 32.8 Å². The number of hydrogen-bond donors (Lipinski definition) is 1. The maximum atomic E-state index is 12.3. The number of amides is 1. The second-order valence-electron chi connectivity index (χ2n) is 4.99. The van der Waals surface area contributed by atoms with Crippen molar-refractivity contribution in [1.82, 2.24) is 15.3 Å². The molecule has 0 aliphatic rings. The second-order valence-corrected chi connectivity index (χ2v) is 7.53. The molecule has 6 heteroatoms. The highest BCUT2D eigenvalue weighted by Crippen LogP contribution is 2.22. The van der Waals surface area contributed by atoms with Crippen molar-refractivity contribution in [3.8, 4) is 0 Å². The summed E-state index contributed by atoms with van der Waals surface area (Å²) in [6, 6.07) is 9.38. The molecule has 3 rings (SSSR count). The van der Waals surface area contributed by atoms with Crippen LogP contribution in [-0.4, -0.2) is 15.9 Å². The fourth-order valence-electron chi connectivity index (χ4n) is 2.09. The van der Waals surface area contributed by atoms with Crippen molar-refractivity contribution in [3.05, 3.63) is 55.9 Å². The first-order valence-electron chi connectivity index (χ1n) is 6.80. The van der Waals surface area contributed by atoms with Crippen LogP contribution in [-0.2, 0) is 6.54 Å². The Bertz CT molecular complexity index is 860. The minimum Gasteiger partial charge on any atom is -0.347 e. The van der Waals surface area contributed by atoms with Crippen molar-refractivity contribution in [2.24, 2.45) is 0 Å². The van der Waals surface area contributed by atoms with Crippen molar-refractivity contribution in [1.29, 1.82) is 0 Å². The number of carbonyl (C=O) groups is 1. The van der Waals surface area contributed by atoms with E-state index in [0.717, 1.165) is 31.1 Å². The molecule has 0 saturated heterocycles. The Hall–Kier alpha value is -1.79. The van der Waals surface area contributed by atoms with Crippen molar-refractivity contribution in [3.63, 3.8) is 0 Å². The molecule has 2 aromatic heterocycles. The third-order valence-corrected chi connectivity index (χ3v) is 5.01. The summed E-state index contributed by atoms with van der Waals surface area (Å²) in [5.74, 6) is -0.105. The molecule has 0 bridgehead atoms. The van der Waals surface area contributed by atoms with E-state index < -0.39 is 0 Å². The zero-order valence-electron chi connectivity index (χ0n) is 12.2. The zero-order valence-corrected chi connectivity index (χ0v) is 14.6. The number of hydrogen-bond acceptors (Lipinski definition) is 4. The first-order chi connectivity index (χ1) is 10.5. The number of rotatable bonds is 3. The van der Waals surface area contributed by atoms with Gasteiger partial charge in [-0.3, -0.25) is 4.79 Å². The molecule has 0 unspecified atom stereocenters. The summed E-state index contributed by atoms with van der Waals surface area (Å²) in [6.07, 6.45) is 0. The van der Waals surface area contributed by atoms with Crippen LogP contribution in [0.3, 0.4) is 0 Å². The lowest BCUT2D eigenvalue weighted by molar-refractivity contribution is 0.0951. The number of aryl methyl sites for hydroxylation is 2. The average molecular weight is 376 g/mol. The number of halogens is 1. The quantitative estimate of drug-likeness (QED) is 0.752. The third-order valence-electron chi connectivity index (χ3n) is 3.39. The molecule has 0 aliphatic carbocycles. The summed E-state index contributed by atoms with van der Waals surface area (Å²) in [7, 11) is 0. The number of aromatic nitrogens is 2. The summed E-state index contributed by atoms with van der Waals surface area (Å²) in [4.78, 5) is 22.3. The van der Waals surface area contributed by atoms with Crippen molar-refractivity contribution >= 4 is 44.2 Å². The molecule has 1 N–H and O–H groups in total. The van der Waals surface area contributed by atoms with Gasteiger partial charge >= 0.3 is 0 Å². The summed E-state index contributed by atoms with van der Waals surface area (Å²) in [5, 5.41) is 2.92. The smallest absolute Gasteiger partial charge is 0.251 e. The van der Waals surface area contributed by atoms with E-state index in [-0.39, 0.29) is 5.91 Å². The van der Waals surface area contributed by atoms with Crippen LogP contribution in [0.5, 0.6) is 0 Å². The summed E-state index contributed by atoms with van der Waals surface area (Å²) in [6.45, 7) is 4.37. The van der Waals surface area contributed by atoms with Gasteiger partial charge in [0.1, 0.15) is 0 Å². The van der Waals surface area contributed by atoms with Crippen LogP contribution in [0.2, 0.25) is 0 Å². The summed E-state index contributed by atoms with van der Waals surface area (Å²) in [5.41, 5.74) is 3.94. The molecular weight excluding hydrogens is 362 g/mol. The predicted octanol–water partition coefficient (Wildman–Crippen LogP) is 4.00. The standard InChI is InChI=1S/C16H14BrN3OS/c1-9-10(2)20-14-7-11(3-5-13(14)19-9)16(21)18-8-12-4-6-15(17)22-12/h3-7H,8H2,1-2H3,(H,18,21). The SMILES string of the molecule is Cc1nc2ccc(C(=O)NCc3ccc(Br)s3)cc2nc1C. The van der Waals surface area contributed by atoms with Crippen LogP contribution in [0.15, 0.2) is 34.1 Å². The highest BCUT2D eigenvalue weighted by molar-refractivity contribution is 9.11. The van der Waals surface area contributed by atoms with Crippen molar-refractivity contribution < 1.29 is 4.79 Å². The number of carbonyl (C=O) groups excluding carboxylic acids is 1. The summed E-state index contributed by atoms with van der Waals surface area (Å²) >= 11 is 5.02. The van der Waals surface area contributed by atoms with E-state index >= 15 is 0 Å². The highest BCUT2D eigenvalue weighted by atomic mass is 79.9. The Morgan fingerprint density at radius 2 is 1.86 bits per heavy atom. The lowest BCUT2D eigenvalue weighted by Gasteiger charge is -2.06. The Labute approximate surface area is 140 Å². The first-order valence-corrected chi connectivity index (χ1v) is 8.41. The molecule has 22 heavy (non-hydrogen) atoms. The number of nitrogens with one attached hydrogen (secondary N) is 1. The molecule has 0 saturated carbocycles. The molecule has 2 heterocycles. The van der Waals surface area contributed by atoms with Crippen LogP contribution in [0.1, 0.15) is 26.6 Å². The number of thiophene rings is 1. The topological polar surface area (TPSA) is 54.9 Å². The van der Waals surface area contributed by atoms with Crippen LogP contribution >= 0.6 is 27.3 Å². The maximum absolute atomic E-state index is 12.3. The molecule has 0 radical (unpaired) electrons. The molecule has 4 nitrogen and oxygen atoms in total. The fourth-order valence-corrected chi connectivity index (χ4v) is 3.51. The van der Waals surface area contributed by atoms with Gasteiger partial charge in [0.25, 0.3) is 5.91 Å². The van der Waals surface area contributed by atoms with Gasteiger partial charge in [-0.15, -0.1) is 11.3 Å². The van der Waals surface area contributed by atoms with E-state index in [1.165, 1.54) is 0 Å². The van der Waals surface area contributed by atoms with E-state index in [1.807, 2.05) is 32.0 Å². The van der Waals surface area contributed by atoms with E-state index in [4.69, 9.17) is 0 Å². The fraction of sp³-hybridized carbons (Fsp3) is 0.188. The van der Waals surface area contributed by atoms with E-state index in [1.54, 1.807) is 23.5 Å². The Balaban J connectivity index is 1.80. The summed E-state index contributed by atoms with van der Waals surface area (Å²) < 4.78 is 1.06. The minimum atomic E-state index is -0.105. The Kier molecular flexibility index (Phi) is 4.22. The molecule has 0 spiro atoms. The van der Waals surface area contributed by atoms with Crippen LogP contribution in [0.4, 0.5) is 0 Å². The second kappa shape index (κ2) is 6.14. The Morgan fingerprint density at radius 1 is 1.14 bits per heavy atom. The van der Waals surface area contributed by atoms with Gasteiger partial charge in [0.2, 0.25) is 0 Å². The zero-order chi connectivity index (χ0) is 15.7. The number of nitrogens with zero attached hydrogens (tertiary/aromatic N) is 2. The minimum absolute atomic E-state index is 0.105. The van der Waals surface area contributed by atoms with Gasteiger partial charge in [0, 0.05) is 10.4 Å². The van der Waals surface area contributed by atoms with E-state index in [0.29, 0.717) is 12.1 Å². The molecule has 112 valence electrons. The van der Waals surface area contributed by atoms with Gasteiger partial charge in [0.15, 0.2) is 0 Å². The van der Waals surface area contributed by atoms with Crippen LogP contribution in [0.25, 0.3) is 11.0 Å². The van der Waals surface area contributed by atoms with Gasteiger partial charge < -0.3 is 5.32 Å². The number of benzene rings is 1. The molecule has 3 aromatic rings. The number of fused-ring (bicyclic) bond motifs is 1. The van der Waals surface area contributed by atoms with Crippen LogP contribution in [0, 0.1) is 13.8 Å². The van der Waals surface area contributed by atoms with Crippen molar-refractivity contribution in [2.75, 3.05) is 0 Å². The van der Waals surface area contributed by atoms with Gasteiger partial charge in [-0.1, -0.05) is 0 Å². The van der Waals surface area contributed by atoms with E-state index in [9.17, 15) is 4.79 Å². The predicted molar refractivity (Wildman–Crippen MR) is 92.2 cm³/mol. The van der Waals surface area contributed by atoms with E-state index in [2.05, 4.69) is 31.2 Å². The molecule has 0 aliphatic heterocycles. The lowest BCUT2D eigenvalue weighted by Crippen LogP contribution is -2.22. The highest BCUT2D eigenvalue weighted by Gasteiger charge is 2.09. The Morgan fingerprint density at radius 3 is 2.55 bits per heavy atom. The first kappa shape index (κ1) is 15.1. The molecule has 0 atom stereocenters. The van der Waals surface area contributed by atoms with Gasteiger partial charge in [-0.05, 0) is 60.1 Å². The van der Waals surface area contributed by atoms with Gasteiger partial charge in [-0.2, -0.15) is 0 Å². The average Bonchev–Trinajstić information content (AvgIpc) is 2.91.